The number of halogens is 1. The van der Waals surface area contributed by atoms with E-state index in [0.717, 1.165) is 10.9 Å². The van der Waals surface area contributed by atoms with Crippen LogP contribution in [-0.4, -0.2) is 26.7 Å². The number of rotatable bonds is 2. The van der Waals surface area contributed by atoms with Gasteiger partial charge in [-0.3, -0.25) is 0 Å². The van der Waals surface area contributed by atoms with Crippen molar-refractivity contribution in [3.8, 4) is 0 Å². The molecule has 0 aromatic carbocycles. The van der Waals surface area contributed by atoms with Gasteiger partial charge in [0.25, 0.3) is 0 Å². The van der Waals surface area contributed by atoms with E-state index < -0.39 is 0 Å². The number of hydrogen-bond donors (Lipinski definition) is 3. The van der Waals surface area contributed by atoms with E-state index >= 15 is 0 Å². The molecule has 2 heterocycles. The summed E-state index contributed by atoms with van der Waals surface area (Å²) < 4.78 is 0. The number of nitrogen functional groups attached to an aromatic ring is 1. The van der Waals surface area contributed by atoms with E-state index in [2.05, 4.69) is 15.0 Å². The Kier molecular flexibility index (Phi) is 2.26. The molecular formula is C8H9ClN4O. The van der Waals surface area contributed by atoms with Crippen LogP contribution in [0.4, 0.5) is 5.95 Å². The summed E-state index contributed by atoms with van der Waals surface area (Å²) in [5.41, 5.74) is 6.93. The molecule has 74 valence electrons. The van der Waals surface area contributed by atoms with E-state index in [1.807, 2.05) is 0 Å². The number of aliphatic hydroxyl groups excluding tert-OH is 1. The Morgan fingerprint density at radius 2 is 2.29 bits per heavy atom. The molecule has 14 heavy (non-hydrogen) atoms. The van der Waals surface area contributed by atoms with Crippen LogP contribution in [0.3, 0.4) is 0 Å². The minimum Gasteiger partial charge on any atom is -0.396 e. The molecule has 0 bridgehead atoms. The highest BCUT2D eigenvalue weighted by Gasteiger charge is 2.10. The predicted octanol–water partition coefficient (Wildman–Crippen LogP) is 0.728. The Morgan fingerprint density at radius 3 is 3.00 bits per heavy atom. The molecule has 0 saturated heterocycles. The van der Waals surface area contributed by atoms with Crippen molar-refractivity contribution in [3.05, 3.63) is 16.9 Å². The second-order valence-corrected chi connectivity index (χ2v) is 3.24. The van der Waals surface area contributed by atoms with E-state index in [4.69, 9.17) is 22.4 Å². The highest BCUT2D eigenvalue weighted by atomic mass is 35.5. The van der Waals surface area contributed by atoms with Gasteiger partial charge in [-0.15, -0.1) is 0 Å². The van der Waals surface area contributed by atoms with Crippen LogP contribution in [0.15, 0.2) is 6.20 Å². The van der Waals surface area contributed by atoms with Crippen molar-refractivity contribution in [3.63, 3.8) is 0 Å². The lowest BCUT2D eigenvalue weighted by Gasteiger charge is -1.98. The summed E-state index contributed by atoms with van der Waals surface area (Å²) in [4.78, 5) is 10.8. The van der Waals surface area contributed by atoms with Crippen molar-refractivity contribution >= 4 is 28.6 Å². The second-order valence-electron chi connectivity index (χ2n) is 2.88. The monoisotopic (exact) mass is 212 g/mol. The number of aromatic amines is 1. The van der Waals surface area contributed by atoms with Gasteiger partial charge in [-0.05, 0) is 12.0 Å². The number of H-pyrrole nitrogens is 1. The fourth-order valence-corrected chi connectivity index (χ4v) is 1.68. The van der Waals surface area contributed by atoms with Crippen molar-refractivity contribution in [2.75, 3.05) is 12.3 Å². The largest absolute Gasteiger partial charge is 0.396 e. The van der Waals surface area contributed by atoms with Gasteiger partial charge in [0, 0.05) is 12.8 Å². The first kappa shape index (κ1) is 9.23. The van der Waals surface area contributed by atoms with E-state index in [1.54, 1.807) is 6.20 Å². The normalized spacial score (nSPS) is 11.0. The number of hydrogen-bond acceptors (Lipinski definition) is 4. The quantitative estimate of drug-likeness (QED) is 0.641. The molecule has 2 rings (SSSR count). The van der Waals surface area contributed by atoms with Gasteiger partial charge in [0.1, 0.15) is 10.8 Å². The van der Waals surface area contributed by atoms with Crippen LogP contribution in [0.1, 0.15) is 5.56 Å². The molecule has 0 unspecified atom stereocenters. The molecule has 0 radical (unpaired) electrons. The number of nitrogens with zero attached hydrogens (tertiary/aromatic N) is 2. The fraction of sp³-hybridized carbons (Fsp3) is 0.250. The number of aromatic nitrogens is 3. The third-order valence-electron chi connectivity index (χ3n) is 1.97. The number of anilines is 1. The average molecular weight is 213 g/mol. The second kappa shape index (κ2) is 3.43. The molecule has 2 aromatic rings. The van der Waals surface area contributed by atoms with Gasteiger partial charge in [0.05, 0.1) is 5.39 Å². The highest BCUT2D eigenvalue weighted by Crippen LogP contribution is 2.24. The first-order valence-electron chi connectivity index (χ1n) is 4.12. The molecule has 0 aliphatic carbocycles. The molecule has 0 atom stereocenters. The Bertz CT molecular complexity index is 468. The third-order valence-corrected chi connectivity index (χ3v) is 2.24. The van der Waals surface area contributed by atoms with Crippen molar-refractivity contribution in [2.45, 2.75) is 6.42 Å². The maximum absolute atomic E-state index is 8.82. The standard InChI is InChI=1S/C8H9ClN4O/c9-6-5-4(1-2-14)3-11-7(5)13-8(10)12-6/h3,14H,1-2H2,(H3,10,11,12,13). The lowest BCUT2D eigenvalue weighted by Crippen LogP contribution is -1.96. The van der Waals surface area contributed by atoms with Crippen LogP contribution in [0.2, 0.25) is 5.15 Å². The highest BCUT2D eigenvalue weighted by molar-refractivity contribution is 6.34. The maximum Gasteiger partial charge on any atom is 0.223 e. The number of aliphatic hydroxyl groups is 1. The zero-order valence-corrected chi connectivity index (χ0v) is 8.04. The van der Waals surface area contributed by atoms with Crippen molar-refractivity contribution in [2.24, 2.45) is 0 Å². The molecule has 4 N–H and O–H groups in total. The van der Waals surface area contributed by atoms with E-state index in [-0.39, 0.29) is 12.6 Å². The minimum atomic E-state index is 0.0632. The topological polar surface area (TPSA) is 87.8 Å². The van der Waals surface area contributed by atoms with Crippen molar-refractivity contribution in [1.29, 1.82) is 0 Å². The lowest BCUT2D eigenvalue weighted by atomic mass is 10.2. The van der Waals surface area contributed by atoms with Crippen molar-refractivity contribution in [1.82, 2.24) is 15.0 Å². The molecule has 0 aliphatic heterocycles. The molecule has 0 amide bonds. The smallest absolute Gasteiger partial charge is 0.223 e. The molecule has 0 fully saturated rings. The van der Waals surface area contributed by atoms with Gasteiger partial charge in [-0.1, -0.05) is 11.6 Å². The van der Waals surface area contributed by atoms with Gasteiger partial charge >= 0.3 is 0 Å². The molecule has 5 nitrogen and oxygen atoms in total. The fourth-order valence-electron chi connectivity index (χ4n) is 1.38. The van der Waals surface area contributed by atoms with Gasteiger partial charge in [-0.2, -0.15) is 4.98 Å². The summed E-state index contributed by atoms with van der Waals surface area (Å²) in [6.07, 6.45) is 2.27. The third kappa shape index (κ3) is 1.40. The summed E-state index contributed by atoms with van der Waals surface area (Å²) in [6.45, 7) is 0.0632. The Balaban J connectivity index is 2.66. The molecule has 2 aromatic heterocycles. The number of fused-ring (bicyclic) bond motifs is 1. The Hall–Kier alpha value is -1.33. The molecule has 0 spiro atoms. The van der Waals surface area contributed by atoms with Gasteiger partial charge in [-0.25, -0.2) is 4.98 Å². The first-order valence-corrected chi connectivity index (χ1v) is 4.50. The van der Waals surface area contributed by atoms with Crippen LogP contribution in [0.25, 0.3) is 11.0 Å². The Labute approximate surface area is 84.9 Å². The maximum atomic E-state index is 8.82. The zero-order chi connectivity index (χ0) is 10.1. The summed E-state index contributed by atoms with van der Waals surface area (Å²) in [5.74, 6) is 0.139. The van der Waals surface area contributed by atoms with E-state index in [1.165, 1.54) is 0 Å². The molecule has 6 heteroatoms. The average Bonchev–Trinajstić information content (AvgIpc) is 2.49. The van der Waals surface area contributed by atoms with Gasteiger partial charge in [0.2, 0.25) is 5.95 Å². The first-order chi connectivity index (χ1) is 6.72. The zero-order valence-electron chi connectivity index (χ0n) is 7.29. The summed E-state index contributed by atoms with van der Waals surface area (Å²) >= 11 is 5.91. The number of nitrogens with two attached hydrogens (primary N) is 1. The Morgan fingerprint density at radius 1 is 1.50 bits per heavy atom. The minimum absolute atomic E-state index is 0.0632. The molecule has 0 saturated carbocycles. The number of nitrogens with one attached hydrogen (secondary N) is 1. The van der Waals surface area contributed by atoms with Crippen molar-refractivity contribution < 1.29 is 5.11 Å². The van der Waals surface area contributed by atoms with Gasteiger partial charge < -0.3 is 15.8 Å². The van der Waals surface area contributed by atoms with Crippen LogP contribution in [0.5, 0.6) is 0 Å². The van der Waals surface area contributed by atoms with Gasteiger partial charge in [0.15, 0.2) is 0 Å². The van der Waals surface area contributed by atoms with Crippen LogP contribution >= 0.6 is 11.6 Å². The SMILES string of the molecule is Nc1nc(Cl)c2c(CCO)c[nH]c2n1. The van der Waals surface area contributed by atoms with Crippen LogP contribution < -0.4 is 5.73 Å². The molecule has 0 aliphatic rings. The van der Waals surface area contributed by atoms with Crippen LogP contribution in [0, 0.1) is 0 Å². The van der Waals surface area contributed by atoms with E-state index in [0.29, 0.717) is 17.2 Å². The van der Waals surface area contributed by atoms with E-state index in [9.17, 15) is 0 Å². The molecular weight excluding hydrogens is 204 g/mol. The lowest BCUT2D eigenvalue weighted by molar-refractivity contribution is 0.300. The van der Waals surface area contributed by atoms with Crippen LogP contribution in [-0.2, 0) is 6.42 Å². The summed E-state index contributed by atoms with van der Waals surface area (Å²) in [7, 11) is 0. The summed E-state index contributed by atoms with van der Waals surface area (Å²) in [5, 5.41) is 9.87. The summed E-state index contributed by atoms with van der Waals surface area (Å²) in [6, 6.07) is 0. The predicted molar refractivity (Wildman–Crippen MR) is 54.1 cm³/mol.